The summed E-state index contributed by atoms with van der Waals surface area (Å²) in [6.07, 6.45) is 1.27. The van der Waals surface area contributed by atoms with Crippen molar-refractivity contribution >= 4 is 5.97 Å². The predicted octanol–water partition coefficient (Wildman–Crippen LogP) is 0.951. The van der Waals surface area contributed by atoms with Gasteiger partial charge in [-0.15, -0.1) is 0 Å². The van der Waals surface area contributed by atoms with Crippen LogP contribution in [0.3, 0.4) is 0 Å². The lowest BCUT2D eigenvalue weighted by atomic mass is 9.83. The van der Waals surface area contributed by atoms with Crippen LogP contribution in [0.5, 0.6) is 0 Å². The molecule has 2 aliphatic rings. The molecule has 1 saturated heterocycles. The molecule has 1 aromatic heterocycles. The Bertz CT molecular complexity index is 1110. The van der Waals surface area contributed by atoms with E-state index < -0.39 is 47.4 Å². The largest absolute Gasteiger partial charge is 0.454 e. The van der Waals surface area contributed by atoms with E-state index in [1.807, 2.05) is 30.3 Å². The molecule has 1 aliphatic heterocycles. The van der Waals surface area contributed by atoms with Gasteiger partial charge in [0.15, 0.2) is 17.9 Å². The fraction of sp³-hybridized carbons (Fsp3) is 0.409. The number of aliphatic hydroxyl groups is 1. The number of carbonyl (C=O) groups excluding carboxylic acids is 1. The predicted molar refractivity (Wildman–Crippen MR) is 109 cm³/mol. The molecule has 2 heterocycles. The number of hydrogen-bond acceptors (Lipinski definition) is 7. The minimum atomic E-state index is -1.71. The van der Waals surface area contributed by atoms with Crippen LogP contribution in [0, 0.1) is 6.92 Å². The summed E-state index contributed by atoms with van der Waals surface area (Å²) in [6.45, 7) is 3.05. The molecule has 1 fully saturated rings. The molecule has 1 aliphatic carbocycles. The topological polar surface area (TPSA) is 120 Å². The van der Waals surface area contributed by atoms with E-state index >= 15 is 0 Å². The summed E-state index contributed by atoms with van der Waals surface area (Å²) in [5, 5.41) is 11.5. The first-order valence-electron chi connectivity index (χ1n) is 10.00. The maximum Gasteiger partial charge on any atom is 0.330 e. The minimum Gasteiger partial charge on any atom is -0.454 e. The highest BCUT2D eigenvalue weighted by Gasteiger charge is 2.61. The number of rotatable bonds is 5. The van der Waals surface area contributed by atoms with Gasteiger partial charge in [-0.05, 0) is 18.9 Å². The van der Waals surface area contributed by atoms with Crippen LogP contribution >= 0.6 is 0 Å². The Kier molecular flexibility index (Phi) is 5.65. The van der Waals surface area contributed by atoms with E-state index in [0.29, 0.717) is 13.0 Å². The second-order valence-corrected chi connectivity index (χ2v) is 7.82. The Labute approximate surface area is 177 Å². The molecule has 9 heteroatoms. The quantitative estimate of drug-likeness (QED) is 0.537. The van der Waals surface area contributed by atoms with Crippen molar-refractivity contribution < 1.29 is 24.1 Å². The van der Waals surface area contributed by atoms with Gasteiger partial charge >= 0.3 is 11.7 Å². The smallest absolute Gasteiger partial charge is 0.330 e. The Morgan fingerprint density at radius 3 is 2.77 bits per heavy atom. The van der Waals surface area contributed by atoms with Gasteiger partial charge in [-0.2, -0.15) is 0 Å². The SMILES string of the molecule is CC(=O)OC1C(n2cc(C)c(=O)[nH]c2=O)OC2C(OCc3ccccc3)CC=CC21O. The zero-order valence-electron chi connectivity index (χ0n) is 17.2. The average molecular weight is 428 g/mol. The number of fused-ring (bicyclic) bond motifs is 1. The van der Waals surface area contributed by atoms with Crippen molar-refractivity contribution in [2.24, 2.45) is 0 Å². The van der Waals surface area contributed by atoms with Crippen LogP contribution in [0.25, 0.3) is 0 Å². The van der Waals surface area contributed by atoms with Crippen LogP contribution in [-0.4, -0.2) is 44.5 Å². The Morgan fingerprint density at radius 2 is 2.06 bits per heavy atom. The fourth-order valence-corrected chi connectivity index (χ4v) is 4.06. The summed E-state index contributed by atoms with van der Waals surface area (Å²) in [6, 6.07) is 9.56. The van der Waals surface area contributed by atoms with E-state index in [1.165, 1.54) is 26.1 Å². The number of nitrogens with zero attached hydrogens (tertiary/aromatic N) is 1. The summed E-state index contributed by atoms with van der Waals surface area (Å²) >= 11 is 0. The summed E-state index contributed by atoms with van der Waals surface area (Å²) in [5.74, 6) is -0.636. The number of aryl methyl sites for hydroxylation is 1. The molecule has 5 atom stereocenters. The van der Waals surface area contributed by atoms with Gasteiger partial charge in [0.1, 0.15) is 6.10 Å². The highest BCUT2D eigenvalue weighted by Crippen LogP contribution is 2.44. The number of ether oxygens (including phenoxy) is 3. The average Bonchev–Trinajstić information content (AvgIpc) is 3.02. The van der Waals surface area contributed by atoms with E-state index in [0.717, 1.165) is 10.1 Å². The van der Waals surface area contributed by atoms with Gasteiger partial charge in [0.25, 0.3) is 5.56 Å². The number of nitrogens with one attached hydrogen (secondary N) is 1. The molecule has 164 valence electrons. The molecule has 0 amide bonds. The first kappa shape index (κ1) is 21.2. The van der Waals surface area contributed by atoms with Crippen molar-refractivity contribution in [3.8, 4) is 0 Å². The molecule has 0 spiro atoms. The highest BCUT2D eigenvalue weighted by molar-refractivity contribution is 5.66. The van der Waals surface area contributed by atoms with Gasteiger partial charge in [-0.1, -0.05) is 42.5 Å². The van der Waals surface area contributed by atoms with Crippen LogP contribution < -0.4 is 11.2 Å². The van der Waals surface area contributed by atoms with Crippen molar-refractivity contribution in [2.75, 3.05) is 0 Å². The maximum atomic E-state index is 12.5. The Hall–Kier alpha value is -3.01. The van der Waals surface area contributed by atoms with Crippen LogP contribution in [0.2, 0.25) is 0 Å². The fourth-order valence-electron chi connectivity index (χ4n) is 4.06. The molecule has 1 aromatic carbocycles. The number of hydrogen-bond donors (Lipinski definition) is 2. The number of H-pyrrole nitrogens is 1. The third-order valence-electron chi connectivity index (χ3n) is 5.57. The van der Waals surface area contributed by atoms with Crippen molar-refractivity contribution in [2.45, 2.75) is 57.0 Å². The van der Waals surface area contributed by atoms with Crippen LogP contribution in [0.4, 0.5) is 0 Å². The van der Waals surface area contributed by atoms with Crippen molar-refractivity contribution in [1.82, 2.24) is 9.55 Å². The molecule has 4 rings (SSSR count). The van der Waals surface area contributed by atoms with E-state index in [2.05, 4.69) is 4.98 Å². The molecule has 2 N–H and O–H groups in total. The van der Waals surface area contributed by atoms with Gasteiger partial charge in [0.2, 0.25) is 0 Å². The molecule has 0 saturated carbocycles. The van der Waals surface area contributed by atoms with E-state index in [1.54, 1.807) is 6.08 Å². The second-order valence-electron chi connectivity index (χ2n) is 7.82. The molecule has 9 nitrogen and oxygen atoms in total. The lowest BCUT2D eigenvalue weighted by Crippen LogP contribution is -2.54. The van der Waals surface area contributed by atoms with E-state index in [4.69, 9.17) is 14.2 Å². The van der Waals surface area contributed by atoms with Gasteiger partial charge in [0.05, 0.1) is 12.7 Å². The first-order chi connectivity index (χ1) is 14.8. The zero-order valence-corrected chi connectivity index (χ0v) is 17.2. The summed E-state index contributed by atoms with van der Waals surface area (Å²) in [4.78, 5) is 38.3. The van der Waals surface area contributed by atoms with Crippen molar-refractivity contribution in [3.63, 3.8) is 0 Å². The molecule has 2 aromatic rings. The third-order valence-corrected chi connectivity index (χ3v) is 5.57. The zero-order chi connectivity index (χ0) is 22.2. The maximum absolute atomic E-state index is 12.5. The highest BCUT2D eigenvalue weighted by atomic mass is 16.6. The number of aromatic amines is 1. The van der Waals surface area contributed by atoms with Gasteiger partial charge in [-0.3, -0.25) is 19.1 Å². The number of aromatic nitrogens is 2. The molecule has 0 bridgehead atoms. The summed E-state index contributed by atoms with van der Waals surface area (Å²) < 4.78 is 18.7. The Balaban J connectivity index is 1.68. The van der Waals surface area contributed by atoms with E-state index in [-0.39, 0.29) is 5.56 Å². The number of esters is 1. The van der Waals surface area contributed by atoms with Gasteiger partial charge in [0, 0.05) is 18.7 Å². The lowest BCUT2D eigenvalue weighted by molar-refractivity contribution is -0.161. The lowest BCUT2D eigenvalue weighted by Gasteiger charge is -2.36. The first-order valence-corrected chi connectivity index (χ1v) is 10.00. The normalized spacial score (nSPS) is 29.5. The van der Waals surface area contributed by atoms with Crippen molar-refractivity contribution in [3.05, 3.63) is 80.6 Å². The molecular weight excluding hydrogens is 404 g/mol. The van der Waals surface area contributed by atoms with Gasteiger partial charge < -0.3 is 19.3 Å². The van der Waals surface area contributed by atoms with Crippen LogP contribution in [0.1, 0.15) is 30.7 Å². The standard InChI is InChI=1S/C22H24N2O7/c1-13-11-24(21(27)23-19(13)26)20-18(30-14(2)25)22(28)10-6-9-16(17(22)31-20)29-12-15-7-4-3-5-8-15/h3-8,10-11,16-18,20,28H,9,12H2,1-2H3,(H,23,26,27). The second kappa shape index (κ2) is 8.26. The molecular formula is C22H24N2O7. The van der Waals surface area contributed by atoms with Crippen LogP contribution in [0.15, 0.2) is 58.3 Å². The molecule has 0 radical (unpaired) electrons. The number of benzene rings is 1. The third kappa shape index (κ3) is 3.99. The van der Waals surface area contributed by atoms with Gasteiger partial charge in [-0.25, -0.2) is 4.79 Å². The van der Waals surface area contributed by atoms with Crippen molar-refractivity contribution in [1.29, 1.82) is 0 Å². The summed E-state index contributed by atoms with van der Waals surface area (Å²) in [5.41, 5.74) is -1.73. The summed E-state index contributed by atoms with van der Waals surface area (Å²) in [7, 11) is 0. The van der Waals surface area contributed by atoms with Crippen LogP contribution in [-0.2, 0) is 25.6 Å². The monoisotopic (exact) mass is 428 g/mol. The minimum absolute atomic E-state index is 0.277. The van der Waals surface area contributed by atoms with E-state index in [9.17, 15) is 19.5 Å². The number of carbonyl (C=O) groups is 1. The molecule has 5 unspecified atom stereocenters. The molecule has 31 heavy (non-hydrogen) atoms. The Morgan fingerprint density at radius 1 is 1.32 bits per heavy atom.